The van der Waals surface area contributed by atoms with E-state index < -0.39 is 5.41 Å². The van der Waals surface area contributed by atoms with E-state index in [2.05, 4.69) is 5.32 Å². The molecule has 1 heterocycles. The number of amides is 2. The lowest BCUT2D eigenvalue weighted by Crippen LogP contribution is -2.53. The van der Waals surface area contributed by atoms with Crippen molar-refractivity contribution in [1.82, 2.24) is 10.2 Å². The second-order valence-electron chi connectivity index (χ2n) is 7.82. The van der Waals surface area contributed by atoms with Gasteiger partial charge in [-0.15, -0.1) is 0 Å². The lowest BCUT2D eigenvalue weighted by molar-refractivity contribution is -0.142. The zero-order valence-corrected chi connectivity index (χ0v) is 16.6. The van der Waals surface area contributed by atoms with E-state index >= 15 is 0 Å². The highest BCUT2D eigenvalue weighted by Gasteiger charge is 2.44. The second-order valence-corrected chi connectivity index (χ2v) is 8.26. The van der Waals surface area contributed by atoms with E-state index in [1.165, 1.54) is 6.42 Å². The Labute approximate surface area is 166 Å². The molecule has 1 aliphatic heterocycles. The van der Waals surface area contributed by atoms with Gasteiger partial charge < -0.3 is 16.0 Å². The quantitative estimate of drug-likeness (QED) is 0.810. The number of hydrogen-bond acceptors (Lipinski definition) is 3. The fourth-order valence-electron chi connectivity index (χ4n) is 4.57. The van der Waals surface area contributed by atoms with Gasteiger partial charge in [-0.05, 0) is 43.4 Å². The van der Waals surface area contributed by atoms with Crippen LogP contribution in [0.15, 0.2) is 24.3 Å². The molecule has 5 nitrogen and oxygen atoms in total. The molecule has 1 unspecified atom stereocenters. The van der Waals surface area contributed by atoms with Gasteiger partial charge in [-0.3, -0.25) is 9.59 Å². The fraction of sp³-hybridized carbons (Fsp3) is 0.619. The summed E-state index contributed by atoms with van der Waals surface area (Å²) in [5, 5.41) is 3.56. The Kier molecular flexibility index (Phi) is 6.77. The van der Waals surface area contributed by atoms with Crippen molar-refractivity contribution in [1.29, 1.82) is 0 Å². The summed E-state index contributed by atoms with van der Waals surface area (Å²) in [5.41, 5.74) is 6.07. The van der Waals surface area contributed by atoms with Crippen LogP contribution in [0, 0.1) is 5.92 Å². The molecule has 0 spiro atoms. The van der Waals surface area contributed by atoms with Gasteiger partial charge in [0.2, 0.25) is 11.8 Å². The van der Waals surface area contributed by atoms with Crippen molar-refractivity contribution in [3.05, 3.63) is 34.9 Å². The number of nitrogens with one attached hydrogen (secondary N) is 1. The standard InChI is InChI=1S/C21H30ClN3O2/c22-18-8-6-17(7-9-18)21(10-2-1-3-11-21)20(27)25-14-4-5-16(15-25)19(26)24-13-12-23/h6-9,16H,1-5,10-15,23H2,(H,24,26). The summed E-state index contributed by atoms with van der Waals surface area (Å²) in [4.78, 5) is 28.0. The first-order valence-corrected chi connectivity index (χ1v) is 10.5. The van der Waals surface area contributed by atoms with Crippen molar-refractivity contribution in [2.45, 2.75) is 50.4 Å². The van der Waals surface area contributed by atoms with E-state index in [0.29, 0.717) is 24.7 Å². The number of rotatable bonds is 5. The predicted octanol–water partition coefficient (Wildman–Crippen LogP) is 2.86. The minimum Gasteiger partial charge on any atom is -0.355 e. The van der Waals surface area contributed by atoms with Crippen LogP contribution in [0.4, 0.5) is 0 Å². The van der Waals surface area contributed by atoms with Crippen LogP contribution in [0.3, 0.4) is 0 Å². The average Bonchev–Trinajstić information content (AvgIpc) is 2.72. The maximum Gasteiger partial charge on any atom is 0.233 e. The van der Waals surface area contributed by atoms with Gasteiger partial charge in [0.05, 0.1) is 11.3 Å². The van der Waals surface area contributed by atoms with E-state index in [9.17, 15) is 9.59 Å². The van der Waals surface area contributed by atoms with Crippen molar-refractivity contribution in [2.24, 2.45) is 11.7 Å². The lowest BCUT2D eigenvalue weighted by atomic mass is 9.68. The maximum atomic E-state index is 13.7. The van der Waals surface area contributed by atoms with Gasteiger partial charge >= 0.3 is 0 Å². The molecular weight excluding hydrogens is 362 g/mol. The van der Waals surface area contributed by atoms with Gasteiger partial charge in [0.15, 0.2) is 0 Å². The van der Waals surface area contributed by atoms with E-state index in [-0.39, 0.29) is 17.7 Å². The average molecular weight is 392 g/mol. The number of halogens is 1. The highest BCUT2D eigenvalue weighted by atomic mass is 35.5. The van der Waals surface area contributed by atoms with E-state index in [0.717, 1.165) is 50.6 Å². The summed E-state index contributed by atoms with van der Waals surface area (Å²) >= 11 is 6.07. The zero-order valence-electron chi connectivity index (χ0n) is 15.9. The molecule has 2 aliphatic rings. The van der Waals surface area contributed by atoms with Crippen LogP contribution in [-0.2, 0) is 15.0 Å². The molecule has 0 bridgehead atoms. The Morgan fingerprint density at radius 3 is 2.52 bits per heavy atom. The Morgan fingerprint density at radius 2 is 1.85 bits per heavy atom. The van der Waals surface area contributed by atoms with Gasteiger partial charge in [0.1, 0.15) is 0 Å². The predicted molar refractivity (Wildman–Crippen MR) is 108 cm³/mol. The molecule has 1 saturated carbocycles. The topological polar surface area (TPSA) is 75.4 Å². The third-order valence-corrected chi connectivity index (χ3v) is 6.29. The highest BCUT2D eigenvalue weighted by molar-refractivity contribution is 6.30. The van der Waals surface area contributed by atoms with Crippen molar-refractivity contribution >= 4 is 23.4 Å². The lowest BCUT2D eigenvalue weighted by Gasteiger charge is -2.42. The van der Waals surface area contributed by atoms with Crippen molar-refractivity contribution < 1.29 is 9.59 Å². The molecule has 1 aliphatic carbocycles. The normalized spacial score (nSPS) is 22.3. The van der Waals surface area contributed by atoms with Crippen molar-refractivity contribution in [3.63, 3.8) is 0 Å². The third kappa shape index (κ3) is 4.46. The molecule has 3 rings (SSSR count). The number of piperidine rings is 1. The molecule has 148 valence electrons. The first-order valence-electron chi connectivity index (χ1n) is 10.1. The number of hydrogen-bond donors (Lipinski definition) is 2. The monoisotopic (exact) mass is 391 g/mol. The minimum atomic E-state index is -0.474. The second kappa shape index (κ2) is 9.07. The van der Waals surface area contributed by atoms with Crippen LogP contribution < -0.4 is 11.1 Å². The smallest absolute Gasteiger partial charge is 0.233 e. The summed E-state index contributed by atoms with van der Waals surface area (Å²) in [6, 6.07) is 7.75. The summed E-state index contributed by atoms with van der Waals surface area (Å²) in [6.07, 6.45) is 6.72. The molecular formula is C21H30ClN3O2. The van der Waals surface area contributed by atoms with E-state index in [1.807, 2.05) is 29.2 Å². The summed E-state index contributed by atoms with van der Waals surface area (Å²) in [6.45, 7) is 2.15. The maximum absolute atomic E-state index is 13.7. The molecule has 2 fully saturated rings. The Bertz CT molecular complexity index is 656. The van der Waals surface area contributed by atoms with E-state index in [4.69, 9.17) is 17.3 Å². The number of carbonyl (C=O) groups excluding carboxylic acids is 2. The number of nitrogens with zero attached hydrogens (tertiary/aromatic N) is 1. The highest BCUT2D eigenvalue weighted by Crippen LogP contribution is 2.42. The first-order chi connectivity index (χ1) is 13.1. The molecule has 2 amide bonds. The van der Waals surface area contributed by atoms with Gasteiger partial charge in [0, 0.05) is 31.2 Å². The minimum absolute atomic E-state index is 0.0159. The first kappa shape index (κ1) is 20.2. The number of likely N-dealkylation sites (tertiary alicyclic amines) is 1. The molecule has 27 heavy (non-hydrogen) atoms. The molecule has 1 aromatic rings. The van der Waals surface area contributed by atoms with Gasteiger partial charge in [0.25, 0.3) is 0 Å². The van der Waals surface area contributed by atoms with Crippen LogP contribution in [0.5, 0.6) is 0 Å². The van der Waals surface area contributed by atoms with Crippen LogP contribution in [0.1, 0.15) is 50.5 Å². The Hall–Kier alpha value is -1.59. The molecule has 0 radical (unpaired) electrons. The SMILES string of the molecule is NCCNC(=O)C1CCCN(C(=O)C2(c3ccc(Cl)cc3)CCCCC2)C1. The number of carbonyl (C=O) groups is 2. The number of nitrogens with two attached hydrogens (primary N) is 1. The third-order valence-electron chi connectivity index (χ3n) is 6.04. The van der Waals surface area contributed by atoms with Crippen LogP contribution in [0.2, 0.25) is 5.02 Å². The largest absolute Gasteiger partial charge is 0.355 e. The molecule has 0 aromatic heterocycles. The Balaban J connectivity index is 1.79. The van der Waals surface area contributed by atoms with Gasteiger partial charge in [-0.2, -0.15) is 0 Å². The van der Waals surface area contributed by atoms with Crippen LogP contribution in [0.25, 0.3) is 0 Å². The van der Waals surface area contributed by atoms with Crippen molar-refractivity contribution in [2.75, 3.05) is 26.2 Å². The van der Waals surface area contributed by atoms with Crippen molar-refractivity contribution in [3.8, 4) is 0 Å². The summed E-state index contributed by atoms with van der Waals surface area (Å²) < 4.78 is 0. The van der Waals surface area contributed by atoms with Gasteiger partial charge in [-0.1, -0.05) is 43.0 Å². The molecule has 1 atom stereocenters. The summed E-state index contributed by atoms with van der Waals surface area (Å²) in [5.74, 6) is 0.0584. The molecule has 1 aromatic carbocycles. The fourth-order valence-corrected chi connectivity index (χ4v) is 4.69. The molecule has 3 N–H and O–H groups in total. The van der Waals surface area contributed by atoms with E-state index in [1.54, 1.807) is 0 Å². The summed E-state index contributed by atoms with van der Waals surface area (Å²) in [7, 11) is 0. The van der Waals surface area contributed by atoms with Crippen LogP contribution in [-0.4, -0.2) is 42.9 Å². The zero-order chi connectivity index (χ0) is 19.3. The number of benzene rings is 1. The Morgan fingerprint density at radius 1 is 1.15 bits per heavy atom. The van der Waals surface area contributed by atoms with Gasteiger partial charge in [-0.25, -0.2) is 0 Å². The molecule has 6 heteroatoms. The molecule has 1 saturated heterocycles. The van der Waals surface area contributed by atoms with Crippen LogP contribution >= 0.6 is 11.6 Å².